The van der Waals surface area contributed by atoms with Gasteiger partial charge in [-0.25, -0.2) is 0 Å². The first-order valence-corrected chi connectivity index (χ1v) is 18.6. The number of aliphatic hydroxyl groups is 5. The fraction of sp³-hybridized carbons (Fsp3) is 0.816. The highest BCUT2D eigenvalue weighted by Crippen LogP contribution is 2.26. The van der Waals surface area contributed by atoms with Crippen LogP contribution in [0.2, 0.25) is 0 Å². The number of carbonyl (C=O) groups is 7. The highest BCUT2D eigenvalue weighted by atomic mass is 16.4. The Morgan fingerprint density at radius 3 is 1.25 bits per heavy atom. The number of ketones is 3. The minimum Gasteiger partial charge on any atom is -0.550 e. The first-order valence-electron chi connectivity index (χ1n) is 18.6. The molecule has 4 atom stereocenters. The molecule has 0 aromatic carbocycles. The molecule has 57 heavy (non-hydrogen) atoms. The van der Waals surface area contributed by atoms with Crippen molar-refractivity contribution in [2.75, 3.05) is 83.1 Å². The van der Waals surface area contributed by atoms with Crippen molar-refractivity contribution in [2.24, 2.45) is 0 Å². The number of carboxylic acids is 4. The van der Waals surface area contributed by atoms with Gasteiger partial charge in [0, 0.05) is 69.5 Å². The molecule has 0 spiro atoms. The van der Waals surface area contributed by atoms with Crippen LogP contribution in [-0.4, -0.2) is 197 Å². The van der Waals surface area contributed by atoms with Gasteiger partial charge in [0.25, 0.3) is 0 Å². The lowest BCUT2D eigenvalue weighted by Crippen LogP contribution is -2.62. The third-order valence-corrected chi connectivity index (χ3v) is 8.58. The van der Waals surface area contributed by atoms with E-state index in [1.165, 1.54) is 13.8 Å². The second-order valence-corrected chi connectivity index (χ2v) is 18.4. The third-order valence-electron chi connectivity index (χ3n) is 8.58. The van der Waals surface area contributed by atoms with Crippen molar-refractivity contribution in [2.45, 2.75) is 120 Å². The van der Waals surface area contributed by atoms with Crippen molar-refractivity contribution in [3.05, 3.63) is 0 Å². The number of unbranched alkanes of at least 4 members (excludes halogenated alkanes) is 2. The molecule has 0 heterocycles. The Morgan fingerprint density at radius 2 is 0.930 bits per heavy atom. The number of carboxylic acid groups (broad SMARTS) is 4. The Morgan fingerprint density at radius 1 is 0.544 bits per heavy atom. The van der Waals surface area contributed by atoms with Crippen molar-refractivity contribution in [3.8, 4) is 0 Å². The predicted octanol–water partition coefficient (Wildman–Crippen LogP) is -4.24. The number of hydrogen-bond donors (Lipinski definition) is 6. The Balaban J connectivity index is -0.000000768. The zero-order valence-corrected chi connectivity index (χ0v) is 36.1. The topological polar surface area (TPSA) is 310 Å². The number of likely N-dealkylation sites (N-methyl/N-ethyl adjacent to an activating group) is 3. The summed E-state index contributed by atoms with van der Waals surface area (Å²) >= 11 is 0. The van der Waals surface area contributed by atoms with Gasteiger partial charge in [0.2, 0.25) is 0 Å². The van der Waals surface area contributed by atoms with Crippen LogP contribution in [0.1, 0.15) is 91.4 Å². The lowest BCUT2D eigenvalue weighted by Gasteiger charge is -2.41. The van der Waals surface area contributed by atoms with Gasteiger partial charge in [0.15, 0.2) is 34.2 Å². The summed E-state index contributed by atoms with van der Waals surface area (Å²) in [4.78, 5) is 78.8. The summed E-state index contributed by atoms with van der Waals surface area (Å²) in [5, 5.41) is 90.0. The normalized spacial score (nSPS) is 15.8. The Kier molecular flexibility index (Phi) is 24.2. The summed E-state index contributed by atoms with van der Waals surface area (Å²) < 4.78 is 0.696. The number of hydrogen-bond acceptors (Lipinski definition) is 15. The van der Waals surface area contributed by atoms with E-state index in [4.69, 9.17) is 10.2 Å². The molecule has 19 heteroatoms. The summed E-state index contributed by atoms with van der Waals surface area (Å²) in [7, 11) is 15.7. The molecule has 0 radical (unpaired) electrons. The highest BCUT2D eigenvalue weighted by Gasteiger charge is 2.48. The largest absolute Gasteiger partial charge is 0.550 e. The van der Waals surface area contributed by atoms with Crippen LogP contribution in [0.15, 0.2) is 0 Å². The van der Waals surface area contributed by atoms with Crippen LogP contribution >= 0.6 is 0 Å². The molecule has 0 fully saturated rings. The second kappa shape index (κ2) is 23.8. The molecule has 4 unspecified atom stereocenters. The molecule has 0 bridgehead atoms. The quantitative estimate of drug-likeness (QED) is 0.0356. The molecule has 0 amide bonds. The van der Waals surface area contributed by atoms with Gasteiger partial charge in [-0.05, 0) is 40.0 Å². The van der Waals surface area contributed by atoms with Gasteiger partial charge in [-0.2, -0.15) is 0 Å². The average Bonchev–Trinajstić information content (AvgIpc) is 2.94. The molecule has 0 aliphatic heterocycles. The van der Waals surface area contributed by atoms with E-state index in [1.54, 1.807) is 70.4 Å². The average molecular weight is 826 g/mol. The van der Waals surface area contributed by atoms with E-state index in [0.717, 1.165) is 0 Å². The van der Waals surface area contributed by atoms with E-state index in [9.17, 15) is 69.3 Å². The van der Waals surface area contributed by atoms with E-state index in [0.29, 0.717) is 19.3 Å². The summed E-state index contributed by atoms with van der Waals surface area (Å²) in [6, 6.07) is -0.669. The van der Waals surface area contributed by atoms with E-state index in [-0.39, 0.29) is 65.2 Å². The molecule has 0 aliphatic carbocycles. The lowest BCUT2D eigenvalue weighted by atomic mass is 9.83. The van der Waals surface area contributed by atoms with E-state index in [2.05, 4.69) is 0 Å². The maximum absolute atomic E-state index is 12.1. The molecule has 0 aliphatic rings. The van der Waals surface area contributed by atoms with E-state index >= 15 is 0 Å². The van der Waals surface area contributed by atoms with Crippen LogP contribution in [-0.2, 0) is 33.6 Å². The first-order chi connectivity index (χ1) is 25.3. The van der Waals surface area contributed by atoms with Crippen LogP contribution in [0.5, 0.6) is 0 Å². The molecule has 19 nitrogen and oxygen atoms in total. The number of carbonyl (C=O) groups excluding carboxylic acids is 6. The molecule has 0 rings (SSSR count). The van der Waals surface area contributed by atoms with Crippen LogP contribution in [0.3, 0.4) is 0 Å². The third kappa shape index (κ3) is 27.0. The molecular formula is C38H71N3O16. The summed E-state index contributed by atoms with van der Waals surface area (Å²) in [5.41, 5.74) is -7.25. The number of quaternary nitrogens is 3. The van der Waals surface area contributed by atoms with Gasteiger partial charge in [-0.15, -0.1) is 0 Å². The number of Topliss-reactive ketones (excluding diaryl/α,β-unsaturated/α-hetero) is 3. The SMILES string of the molecule is CC(C(O)(CC(=O)[O-])C(=O)CCCC(=O)O)[N+](C)(C)C.CC(C)(O)CC(=O)C(O)(CC(=O)[O-])C[N+](C)(C)C.C[N+](C)(C)CC(O)(CC(=O)[O-])C(=O)CCCCCO. The fourth-order valence-electron chi connectivity index (χ4n) is 5.85. The van der Waals surface area contributed by atoms with Gasteiger partial charge in [0.05, 0.1) is 69.0 Å². The molecule has 334 valence electrons. The standard InChI is InChI=1S/C13H23NO6.C13H25NO5.C12H23NO5/c1-9(14(2,3)4)13(20,8-12(18)19)10(15)6-5-7-11(16)17;1-14(2,3)10-13(19,9-12(17)18)11(16)7-5-4-6-8-15;1-11(2,17)6-9(14)12(18,7-10(15)16)8-13(3,4)5/h9,20H,5-8H2,1-4H3,(H-,16,17,18,19);15,19H,4-10H2,1-3H3;17-18H,6-8H2,1-5H3. The van der Waals surface area contributed by atoms with Gasteiger partial charge in [-0.1, -0.05) is 6.42 Å². The predicted molar refractivity (Wildman–Crippen MR) is 200 cm³/mol. The zero-order chi connectivity index (χ0) is 46.0. The van der Waals surface area contributed by atoms with Gasteiger partial charge < -0.3 is 73.8 Å². The smallest absolute Gasteiger partial charge is 0.303 e. The zero-order valence-electron chi connectivity index (χ0n) is 36.1. The Labute approximate surface area is 336 Å². The number of aliphatic carboxylic acids is 4. The van der Waals surface area contributed by atoms with Crippen LogP contribution < -0.4 is 15.3 Å². The molecule has 0 saturated heterocycles. The van der Waals surface area contributed by atoms with Crippen LogP contribution in [0, 0.1) is 0 Å². The van der Waals surface area contributed by atoms with Crippen molar-refractivity contribution in [1.82, 2.24) is 0 Å². The van der Waals surface area contributed by atoms with E-state index < -0.39 is 88.9 Å². The van der Waals surface area contributed by atoms with Crippen molar-refractivity contribution in [3.63, 3.8) is 0 Å². The van der Waals surface area contributed by atoms with Gasteiger partial charge in [-0.3, -0.25) is 19.2 Å². The number of rotatable bonds is 26. The summed E-state index contributed by atoms with van der Waals surface area (Å²) in [6.07, 6.45) is -0.948. The summed E-state index contributed by atoms with van der Waals surface area (Å²) in [5.74, 6) is -7.30. The maximum Gasteiger partial charge on any atom is 0.303 e. The van der Waals surface area contributed by atoms with Crippen molar-refractivity contribution < 1.29 is 93.0 Å². The Bertz CT molecular complexity index is 1340. The second-order valence-electron chi connectivity index (χ2n) is 18.4. The van der Waals surface area contributed by atoms with E-state index in [1.807, 2.05) is 0 Å². The maximum atomic E-state index is 12.1. The fourth-order valence-corrected chi connectivity index (χ4v) is 5.85. The van der Waals surface area contributed by atoms with Gasteiger partial charge >= 0.3 is 5.97 Å². The lowest BCUT2D eigenvalue weighted by molar-refractivity contribution is -0.900. The van der Waals surface area contributed by atoms with Crippen molar-refractivity contribution in [1.29, 1.82) is 0 Å². The van der Waals surface area contributed by atoms with Gasteiger partial charge in [0.1, 0.15) is 19.1 Å². The van der Waals surface area contributed by atoms with Crippen LogP contribution in [0.4, 0.5) is 0 Å². The van der Waals surface area contributed by atoms with Crippen LogP contribution in [0.25, 0.3) is 0 Å². The van der Waals surface area contributed by atoms with Crippen molar-refractivity contribution >= 4 is 41.2 Å². The minimum atomic E-state index is -2.06. The molecule has 6 N–H and O–H groups in total. The number of aliphatic hydroxyl groups excluding tert-OH is 1. The first kappa shape index (κ1) is 57.9. The molecule has 0 saturated carbocycles. The monoisotopic (exact) mass is 825 g/mol. The Hall–Kier alpha value is -3.43. The summed E-state index contributed by atoms with van der Waals surface area (Å²) in [6.45, 7) is 4.47. The molecular weight excluding hydrogens is 754 g/mol. The molecule has 0 aromatic heterocycles. The minimum absolute atomic E-state index is 0.0276. The molecule has 0 aromatic rings. The highest BCUT2D eigenvalue weighted by molar-refractivity contribution is 5.92. The number of nitrogens with zero attached hydrogens (tertiary/aromatic N) is 3.